The molecule has 0 saturated carbocycles. The van der Waals surface area contributed by atoms with E-state index in [0.29, 0.717) is 18.9 Å². The number of carboxylic acid groups (broad SMARTS) is 1. The average molecular weight is 269 g/mol. The van der Waals surface area contributed by atoms with Gasteiger partial charge in [0.25, 0.3) is 0 Å². The predicted molar refractivity (Wildman–Crippen MR) is 74.8 cm³/mol. The minimum atomic E-state index is -0.764. The highest BCUT2D eigenvalue weighted by Crippen LogP contribution is 2.27. The van der Waals surface area contributed by atoms with E-state index in [1.807, 2.05) is 4.90 Å². The second kappa shape index (κ2) is 6.40. The number of hydrogen-bond donors (Lipinski definition) is 1. The second-order valence-electron chi connectivity index (χ2n) is 7.17. The summed E-state index contributed by atoms with van der Waals surface area (Å²) in [6.45, 7) is 10.0. The van der Waals surface area contributed by atoms with Gasteiger partial charge in [-0.1, -0.05) is 27.7 Å². The maximum atomic E-state index is 12.2. The number of likely N-dealkylation sites (tertiary alicyclic amines) is 1. The van der Waals surface area contributed by atoms with Crippen molar-refractivity contribution in [1.29, 1.82) is 0 Å². The van der Waals surface area contributed by atoms with Crippen molar-refractivity contribution < 1.29 is 14.7 Å². The van der Waals surface area contributed by atoms with Gasteiger partial charge < -0.3 is 10.0 Å². The fourth-order valence-electron chi connectivity index (χ4n) is 3.02. The largest absolute Gasteiger partial charge is 0.481 e. The van der Waals surface area contributed by atoms with Crippen molar-refractivity contribution in [3.63, 3.8) is 0 Å². The van der Waals surface area contributed by atoms with E-state index in [1.54, 1.807) is 0 Å². The fourth-order valence-corrected chi connectivity index (χ4v) is 3.02. The molecule has 4 nitrogen and oxygen atoms in total. The molecular formula is C15H27NO3. The van der Waals surface area contributed by atoms with Crippen LogP contribution in [0.4, 0.5) is 0 Å². The number of aliphatic carboxylic acids is 1. The highest BCUT2D eigenvalue weighted by molar-refractivity contribution is 5.77. The van der Waals surface area contributed by atoms with Gasteiger partial charge in [0.05, 0.1) is 0 Å². The van der Waals surface area contributed by atoms with Gasteiger partial charge in [0.1, 0.15) is 0 Å². The highest BCUT2D eigenvalue weighted by Gasteiger charge is 2.28. The predicted octanol–water partition coefficient (Wildman–Crippen LogP) is 2.77. The van der Waals surface area contributed by atoms with Gasteiger partial charge >= 0.3 is 5.97 Å². The zero-order chi connectivity index (χ0) is 14.6. The van der Waals surface area contributed by atoms with Gasteiger partial charge in [-0.25, -0.2) is 0 Å². The molecule has 4 heteroatoms. The third-order valence-corrected chi connectivity index (χ3v) is 3.59. The van der Waals surface area contributed by atoms with Gasteiger partial charge in [-0.2, -0.15) is 0 Å². The molecule has 1 heterocycles. The number of carbonyl (C=O) groups is 2. The first kappa shape index (κ1) is 16.0. The Balaban J connectivity index is 2.37. The first-order valence-electron chi connectivity index (χ1n) is 7.17. The van der Waals surface area contributed by atoms with Crippen LogP contribution in [0.3, 0.4) is 0 Å². The molecule has 2 unspecified atom stereocenters. The molecule has 1 aliphatic rings. The van der Waals surface area contributed by atoms with Crippen LogP contribution in [0.5, 0.6) is 0 Å². The Kier molecular flexibility index (Phi) is 5.39. The third-order valence-electron chi connectivity index (χ3n) is 3.59. The summed E-state index contributed by atoms with van der Waals surface area (Å²) in [6.07, 6.45) is 2.62. The Morgan fingerprint density at radius 3 is 2.53 bits per heavy atom. The molecule has 19 heavy (non-hydrogen) atoms. The van der Waals surface area contributed by atoms with Crippen LogP contribution in [0.15, 0.2) is 0 Å². The van der Waals surface area contributed by atoms with Crippen LogP contribution in [-0.4, -0.2) is 35.0 Å². The normalized spacial score (nSPS) is 21.5. The molecule has 0 spiro atoms. The van der Waals surface area contributed by atoms with Gasteiger partial charge in [-0.3, -0.25) is 9.59 Å². The van der Waals surface area contributed by atoms with Crippen LogP contribution in [-0.2, 0) is 9.59 Å². The van der Waals surface area contributed by atoms with E-state index >= 15 is 0 Å². The first-order chi connectivity index (χ1) is 8.67. The molecule has 110 valence electrons. The fraction of sp³-hybridized carbons (Fsp3) is 0.867. The number of hydrogen-bond acceptors (Lipinski definition) is 2. The highest BCUT2D eigenvalue weighted by atomic mass is 16.4. The molecule has 0 bridgehead atoms. The maximum Gasteiger partial charge on any atom is 0.303 e. The van der Waals surface area contributed by atoms with Crippen molar-refractivity contribution in [1.82, 2.24) is 4.90 Å². The van der Waals surface area contributed by atoms with E-state index in [0.717, 1.165) is 19.4 Å². The minimum Gasteiger partial charge on any atom is -0.481 e. The summed E-state index contributed by atoms with van der Waals surface area (Å²) in [5.41, 5.74) is 0.247. The molecule has 1 amide bonds. The number of nitrogens with zero attached hydrogens (tertiary/aromatic N) is 1. The van der Waals surface area contributed by atoms with E-state index in [2.05, 4.69) is 27.7 Å². The molecule has 0 aromatic rings. The van der Waals surface area contributed by atoms with Gasteiger partial charge in [0, 0.05) is 25.9 Å². The molecule has 0 aromatic heterocycles. The number of carbonyl (C=O) groups excluding carboxylic acids is 1. The van der Waals surface area contributed by atoms with Crippen LogP contribution in [0.2, 0.25) is 0 Å². The van der Waals surface area contributed by atoms with E-state index in [-0.39, 0.29) is 23.7 Å². The lowest BCUT2D eigenvalue weighted by Crippen LogP contribution is -2.30. The van der Waals surface area contributed by atoms with Gasteiger partial charge in [-0.15, -0.1) is 0 Å². The smallest absolute Gasteiger partial charge is 0.303 e. The number of carboxylic acids is 1. The zero-order valence-electron chi connectivity index (χ0n) is 12.6. The first-order valence-corrected chi connectivity index (χ1v) is 7.17. The lowest BCUT2D eigenvalue weighted by molar-refractivity contribution is -0.138. The molecule has 1 fully saturated rings. The standard InChI is InChI=1S/C15H27NO3/c1-11(9-15(2,3)4)7-13(17)16-6-5-12(10-16)8-14(18)19/h11-12H,5-10H2,1-4H3,(H,18,19). The Labute approximate surface area is 116 Å². The Morgan fingerprint density at radius 2 is 2.00 bits per heavy atom. The summed E-state index contributed by atoms with van der Waals surface area (Å²) < 4.78 is 0. The average Bonchev–Trinajstić information content (AvgIpc) is 2.61. The molecular weight excluding hydrogens is 242 g/mol. The Bertz CT molecular complexity index is 333. The Hall–Kier alpha value is -1.06. The summed E-state index contributed by atoms with van der Waals surface area (Å²) >= 11 is 0. The lowest BCUT2D eigenvalue weighted by atomic mass is 9.84. The van der Waals surface area contributed by atoms with E-state index < -0.39 is 5.97 Å². The lowest BCUT2D eigenvalue weighted by Gasteiger charge is -2.24. The maximum absolute atomic E-state index is 12.2. The summed E-state index contributed by atoms with van der Waals surface area (Å²) in [5.74, 6) is -0.0598. The van der Waals surface area contributed by atoms with Crippen LogP contribution >= 0.6 is 0 Å². The van der Waals surface area contributed by atoms with Crippen molar-refractivity contribution in [2.75, 3.05) is 13.1 Å². The van der Waals surface area contributed by atoms with E-state index in [9.17, 15) is 9.59 Å². The quantitative estimate of drug-likeness (QED) is 0.835. The molecule has 1 rings (SSSR count). The summed E-state index contributed by atoms with van der Waals surface area (Å²) in [4.78, 5) is 24.7. The zero-order valence-corrected chi connectivity index (χ0v) is 12.6. The molecule has 1 N–H and O–H groups in total. The molecule has 2 atom stereocenters. The van der Waals surface area contributed by atoms with Gasteiger partial charge in [0.2, 0.25) is 5.91 Å². The summed E-state index contributed by atoms with van der Waals surface area (Å²) in [6, 6.07) is 0. The molecule has 0 aromatic carbocycles. The van der Waals surface area contributed by atoms with E-state index in [4.69, 9.17) is 5.11 Å². The van der Waals surface area contributed by atoms with Crippen LogP contribution in [0.1, 0.15) is 53.4 Å². The van der Waals surface area contributed by atoms with Crippen LogP contribution in [0.25, 0.3) is 0 Å². The van der Waals surface area contributed by atoms with Crippen molar-refractivity contribution >= 4 is 11.9 Å². The van der Waals surface area contributed by atoms with Gasteiger partial charge in [0.15, 0.2) is 0 Å². The SMILES string of the molecule is CC(CC(=O)N1CCC(CC(=O)O)C1)CC(C)(C)C. The van der Waals surface area contributed by atoms with Crippen molar-refractivity contribution in [3.8, 4) is 0 Å². The van der Waals surface area contributed by atoms with Crippen LogP contribution < -0.4 is 0 Å². The molecule has 1 aliphatic heterocycles. The number of rotatable bonds is 5. The summed E-state index contributed by atoms with van der Waals surface area (Å²) in [7, 11) is 0. The Morgan fingerprint density at radius 1 is 1.37 bits per heavy atom. The second-order valence-corrected chi connectivity index (χ2v) is 7.17. The topological polar surface area (TPSA) is 57.6 Å². The molecule has 0 aliphatic carbocycles. The minimum absolute atomic E-state index is 0.138. The van der Waals surface area contributed by atoms with Crippen LogP contribution in [0, 0.1) is 17.3 Å². The molecule has 1 saturated heterocycles. The van der Waals surface area contributed by atoms with Crippen molar-refractivity contribution in [2.45, 2.75) is 53.4 Å². The van der Waals surface area contributed by atoms with Crippen molar-refractivity contribution in [2.24, 2.45) is 17.3 Å². The number of amides is 1. The van der Waals surface area contributed by atoms with Crippen molar-refractivity contribution in [3.05, 3.63) is 0 Å². The van der Waals surface area contributed by atoms with Gasteiger partial charge in [-0.05, 0) is 30.1 Å². The molecule has 0 radical (unpaired) electrons. The monoisotopic (exact) mass is 269 g/mol. The summed E-state index contributed by atoms with van der Waals surface area (Å²) in [5, 5.41) is 8.77. The third kappa shape index (κ3) is 6.08. The van der Waals surface area contributed by atoms with E-state index in [1.165, 1.54) is 0 Å².